The number of halogens is 1. The highest BCUT2D eigenvalue weighted by molar-refractivity contribution is 6.30. The first-order valence-corrected chi connectivity index (χ1v) is 6.84. The fourth-order valence-corrected chi connectivity index (χ4v) is 1.87. The minimum Gasteiger partial charge on any atom is -0.385 e. The van der Waals surface area contributed by atoms with Gasteiger partial charge >= 0.3 is 6.03 Å². The number of nitrogens with one attached hydrogen (secondary N) is 2. The molecule has 1 atom stereocenters. The highest BCUT2D eigenvalue weighted by atomic mass is 35.5. The van der Waals surface area contributed by atoms with Gasteiger partial charge in [0, 0.05) is 25.3 Å². The second-order valence-electron chi connectivity index (χ2n) is 4.26. The van der Waals surface area contributed by atoms with Gasteiger partial charge < -0.3 is 15.4 Å². The summed E-state index contributed by atoms with van der Waals surface area (Å²) in [4.78, 5) is 11.7. The highest BCUT2D eigenvalue weighted by Crippen LogP contribution is 2.18. The summed E-state index contributed by atoms with van der Waals surface area (Å²) in [7, 11) is 1.65. The summed E-state index contributed by atoms with van der Waals surface area (Å²) >= 11 is 5.85. The fourth-order valence-electron chi connectivity index (χ4n) is 1.74. The molecule has 2 N–H and O–H groups in total. The molecule has 0 spiro atoms. The first kappa shape index (κ1) is 15.8. The van der Waals surface area contributed by atoms with Crippen molar-refractivity contribution in [2.24, 2.45) is 0 Å². The summed E-state index contributed by atoms with van der Waals surface area (Å²) in [5.74, 6) is 0. The van der Waals surface area contributed by atoms with Gasteiger partial charge in [-0.25, -0.2) is 4.79 Å². The lowest BCUT2D eigenvalue weighted by molar-refractivity contribution is 0.193. The lowest BCUT2D eigenvalue weighted by Crippen LogP contribution is -2.38. The summed E-state index contributed by atoms with van der Waals surface area (Å²) < 4.78 is 4.92. The average molecular weight is 285 g/mol. The van der Waals surface area contributed by atoms with Crippen LogP contribution in [0.1, 0.15) is 31.4 Å². The normalized spacial score (nSPS) is 11.9. The molecule has 5 heteroatoms. The molecule has 0 saturated heterocycles. The summed E-state index contributed by atoms with van der Waals surface area (Å²) in [6.45, 7) is 3.29. The van der Waals surface area contributed by atoms with Crippen LogP contribution in [0, 0.1) is 0 Å². The van der Waals surface area contributed by atoms with Gasteiger partial charge in [0.05, 0.1) is 6.04 Å². The number of ether oxygens (including phenoxy) is 1. The second-order valence-corrected chi connectivity index (χ2v) is 4.70. The Kier molecular flexibility index (Phi) is 7.30. The molecular formula is C14H21ClN2O2. The van der Waals surface area contributed by atoms with Gasteiger partial charge in [-0.1, -0.05) is 30.7 Å². The lowest BCUT2D eigenvalue weighted by atomic mass is 10.1. The fraction of sp³-hybridized carbons (Fsp3) is 0.500. The number of hydrogen-bond donors (Lipinski definition) is 2. The summed E-state index contributed by atoms with van der Waals surface area (Å²) in [5.41, 5.74) is 1.05. The molecule has 0 aromatic heterocycles. The summed E-state index contributed by atoms with van der Waals surface area (Å²) in [6, 6.07) is 7.37. The topological polar surface area (TPSA) is 50.4 Å². The van der Waals surface area contributed by atoms with Crippen molar-refractivity contribution >= 4 is 17.6 Å². The number of urea groups is 1. The molecule has 0 bridgehead atoms. The van der Waals surface area contributed by atoms with E-state index in [1.807, 2.05) is 31.2 Å². The first-order valence-electron chi connectivity index (χ1n) is 6.46. The third-order valence-corrected chi connectivity index (χ3v) is 3.05. The van der Waals surface area contributed by atoms with E-state index in [-0.39, 0.29) is 12.1 Å². The van der Waals surface area contributed by atoms with E-state index in [1.165, 1.54) is 0 Å². The summed E-state index contributed by atoms with van der Waals surface area (Å²) in [6.07, 6.45) is 1.63. The lowest BCUT2D eigenvalue weighted by Gasteiger charge is -2.18. The Balaban J connectivity index is 2.43. The molecule has 1 aromatic carbocycles. The van der Waals surface area contributed by atoms with Crippen LogP contribution < -0.4 is 10.6 Å². The van der Waals surface area contributed by atoms with Crippen molar-refractivity contribution in [3.63, 3.8) is 0 Å². The molecule has 19 heavy (non-hydrogen) atoms. The number of methoxy groups -OCH3 is 1. The Hall–Kier alpha value is -1.26. The molecule has 1 rings (SSSR count). The predicted octanol–water partition coefficient (Wildman–Crippen LogP) is 3.13. The average Bonchev–Trinajstić information content (AvgIpc) is 2.42. The van der Waals surface area contributed by atoms with E-state index in [4.69, 9.17) is 16.3 Å². The molecule has 0 heterocycles. The Labute approximate surface area is 119 Å². The van der Waals surface area contributed by atoms with Crippen molar-refractivity contribution in [3.8, 4) is 0 Å². The van der Waals surface area contributed by atoms with Crippen molar-refractivity contribution in [1.82, 2.24) is 10.6 Å². The maximum absolute atomic E-state index is 11.7. The second kappa shape index (κ2) is 8.77. The standard InChI is InChI=1S/C14H21ClN2O2/c1-3-13(11-5-7-12(15)8-6-11)17-14(18)16-9-4-10-19-2/h5-8,13H,3-4,9-10H2,1-2H3,(H2,16,17,18)/t13-/m0/s1. The Morgan fingerprint density at radius 3 is 2.63 bits per heavy atom. The van der Waals surface area contributed by atoms with Gasteiger partial charge in [-0.2, -0.15) is 0 Å². The van der Waals surface area contributed by atoms with Crippen molar-refractivity contribution in [2.45, 2.75) is 25.8 Å². The highest BCUT2D eigenvalue weighted by Gasteiger charge is 2.11. The van der Waals surface area contributed by atoms with Crippen LogP contribution in [0.3, 0.4) is 0 Å². The van der Waals surface area contributed by atoms with E-state index < -0.39 is 0 Å². The van der Waals surface area contributed by atoms with Crippen molar-refractivity contribution < 1.29 is 9.53 Å². The molecule has 0 aliphatic carbocycles. The summed E-state index contributed by atoms with van der Waals surface area (Å²) in [5, 5.41) is 6.45. The molecule has 0 unspecified atom stereocenters. The molecule has 2 amide bonds. The number of carbonyl (C=O) groups is 1. The molecule has 0 aliphatic rings. The van der Waals surface area contributed by atoms with Crippen molar-refractivity contribution in [2.75, 3.05) is 20.3 Å². The number of amides is 2. The van der Waals surface area contributed by atoms with E-state index in [9.17, 15) is 4.79 Å². The van der Waals surface area contributed by atoms with Crippen LogP contribution in [-0.2, 0) is 4.74 Å². The van der Waals surface area contributed by atoms with Crippen LogP contribution in [0.2, 0.25) is 5.02 Å². The van der Waals surface area contributed by atoms with Crippen LogP contribution in [0.15, 0.2) is 24.3 Å². The monoisotopic (exact) mass is 284 g/mol. The molecule has 0 saturated carbocycles. The molecule has 0 fully saturated rings. The molecule has 4 nitrogen and oxygen atoms in total. The number of rotatable bonds is 7. The third kappa shape index (κ3) is 5.94. The quantitative estimate of drug-likeness (QED) is 0.756. The maximum atomic E-state index is 11.7. The van der Waals surface area contributed by atoms with Crippen LogP contribution in [0.25, 0.3) is 0 Å². The van der Waals surface area contributed by atoms with E-state index in [1.54, 1.807) is 7.11 Å². The SMILES string of the molecule is CC[C@H](NC(=O)NCCCOC)c1ccc(Cl)cc1. The van der Waals surface area contributed by atoms with E-state index in [0.717, 1.165) is 18.4 Å². The van der Waals surface area contributed by atoms with E-state index in [0.29, 0.717) is 18.2 Å². The zero-order valence-electron chi connectivity index (χ0n) is 11.4. The third-order valence-electron chi connectivity index (χ3n) is 2.80. The molecule has 0 aliphatic heterocycles. The zero-order chi connectivity index (χ0) is 14.1. The van der Waals surface area contributed by atoms with Gasteiger partial charge in [-0.15, -0.1) is 0 Å². The minimum atomic E-state index is -0.155. The van der Waals surface area contributed by atoms with Gasteiger partial charge in [-0.05, 0) is 30.5 Å². The number of benzene rings is 1. The smallest absolute Gasteiger partial charge is 0.315 e. The van der Waals surface area contributed by atoms with Gasteiger partial charge in [-0.3, -0.25) is 0 Å². The van der Waals surface area contributed by atoms with Crippen LogP contribution in [-0.4, -0.2) is 26.3 Å². The van der Waals surface area contributed by atoms with Crippen molar-refractivity contribution in [3.05, 3.63) is 34.9 Å². The number of hydrogen-bond acceptors (Lipinski definition) is 2. The number of carbonyl (C=O) groups excluding carboxylic acids is 1. The molecule has 1 aromatic rings. The first-order chi connectivity index (χ1) is 9.17. The molecule has 0 radical (unpaired) electrons. The maximum Gasteiger partial charge on any atom is 0.315 e. The van der Waals surface area contributed by atoms with Gasteiger partial charge in [0.1, 0.15) is 0 Å². The van der Waals surface area contributed by atoms with Crippen LogP contribution in [0.4, 0.5) is 4.79 Å². The van der Waals surface area contributed by atoms with Crippen molar-refractivity contribution in [1.29, 1.82) is 0 Å². The molecule has 106 valence electrons. The van der Waals surface area contributed by atoms with Gasteiger partial charge in [0.25, 0.3) is 0 Å². The Bertz CT molecular complexity index is 382. The van der Waals surface area contributed by atoms with E-state index in [2.05, 4.69) is 10.6 Å². The zero-order valence-corrected chi connectivity index (χ0v) is 12.2. The Morgan fingerprint density at radius 2 is 2.05 bits per heavy atom. The largest absolute Gasteiger partial charge is 0.385 e. The van der Waals surface area contributed by atoms with Gasteiger partial charge in [0.15, 0.2) is 0 Å². The molecular weight excluding hydrogens is 264 g/mol. The predicted molar refractivity (Wildman–Crippen MR) is 77.5 cm³/mol. The van der Waals surface area contributed by atoms with Crippen LogP contribution in [0.5, 0.6) is 0 Å². The van der Waals surface area contributed by atoms with Crippen LogP contribution >= 0.6 is 11.6 Å². The minimum absolute atomic E-state index is 0.000285. The van der Waals surface area contributed by atoms with E-state index >= 15 is 0 Å². The van der Waals surface area contributed by atoms with Gasteiger partial charge in [0.2, 0.25) is 0 Å². The Morgan fingerprint density at radius 1 is 1.37 bits per heavy atom.